The van der Waals surface area contributed by atoms with Crippen LogP contribution in [0.25, 0.3) is 0 Å². The van der Waals surface area contributed by atoms with Crippen LogP contribution in [0.2, 0.25) is 0 Å². The van der Waals surface area contributed by atoms with Gasteiger partial charge in [0.1, 0.15) is 0 Å². The van der Waals surface area contributed by atoms with Crippen LogP contribution in [0.3, 0.4) is 0 Å². The molecule has 4 heteroatoms. The van der Waals surface area contributed by atoms with Crippen LogP contribution in [-0.2, 0) is 4.79 Å². The lowest BCUT2D eigenvalue weighted by Gasteiger charge is -2.24. The maximum absolute atomic E-state index is 12.0. The molecule has 1 saturated heterocycles. The van der Waals surface area contributed by atoms with Crippen molar-refractivity contribution in [1.29, 1.82) is 0 Å². The quantitative estimate of drug-likeness (QED) is 0.887. The molecule has 1 aromatic rings. The van der Waals surface area contributed by atoms with E-state index < -0.39 is 0 Å². The van der Waals surface area contributed by atoms with E-state index in [1.165, 1.54) is 11.1 Å². The summed E-state index contributed by atoms with van der Waals surface area (Å²) in [7, 11) is 0. The second kappa shape index (κ2) is 6.96. The number of aryl methyl sites for hydroxylation is 1. The Kier molecular flexibility index (Phi) is 5.28. The Morgan fingerprint density at radius 1 is 1.53 bits per heavy atom. The normalized spacial score (nSPS) is 20.8. The van der Waals surface area contributed by atoms with Crippen molar-refractivity contribution in [3.63, 3.8) is 0 Å². The third-order valence-electron chi connectivity index (χ3n) is 3.46. The maximum atomic E-state index is 12.0. The van der Waals surface area contributed by atoms with Crippen molar-refractivity contribution >= 4 is 17.7 Å². The van der Waals surface area contributed by atoms with Crippen LogP contribution in [-0.4, -0.2) is 30.0 Å². The van der Waals surface area contributed by atoms with Crippen LogP contribution in [0.15, 0.2) is 24.3 Å². The van der Waals surface area contributed by atoms with Crippen molar-refractivity contribution in [2.45, 2.75) is 32.4 Å². The summed E-state index contributed by atoms with van der Waals surface area (Å²) in [6.07, 6.45) is 0.573. The molecule has 0 radical (unpaired) electrons. The van der Waals surface area contributed by atoms with Gasteiger partial charge in [0.15, 0.2) is 0 Å². The van der Waals surface area contributed by atoms with Gasteiger partial charge < -0.3 is 10.6 Å². The highest BCUT2D eigenvalue weighted by atomic mass is 32.2. The number of carbonyl (C=O) groups excluding carboxylic acids is 1. The summed E-state index contributed by atoms with van der Waals surface area (Å²) in [5, 5.41) is 6.49. The minimum Gasteiger partial charge on any atom is -0.350 e. The Labute approximate surface area is 119 Å². The zero-order chi connectivity index (χ0) is 13.7. The minimum atomic E-state index is 0.0740. The van der Waals surface area contributed by atoms with Gasteiger partial charge in [0.2, 0.25) is 5.91 Å². The lowest BCUT2D eigenvalue weighted by atomic mass is 10.0. The lowest BCUT2D eigenvalue weighted by Crippen LogP contribution is -2.41. The average Bonchev–Trinajstić information content (AvgIpc) is 2.40. The van der Waals surface area contributed by atoms with Crippen molar-refractivity contribution in [1.82, 2.24) is 10.6 Å². The van der Waals surface area contributed by atoms with E-state index in [4.69, 9.17) is 0 Å². The predicted octanol–water partition coefficient (Wildman–Crippen LogP) is 2.27. The molecule has 0 aliphatic carbocycles. The lowest BCUT2D eigenvalue weighted by molar-refractivity contribution is -0.122. The van der Waals surface area contributed by atoms with Gasteiger partial charge in [-0.25, -0.2) is 0 Å². The summed E-state index contributed by atoms with van der Waals surface area (Å²) < 4.78 is 0. The molecule has 1 fully saturated rings. The highest BCUT2D eigenvalue weighted by Gasteiger charge is 2.18. The van der Waals surface area contributed by atoms with Gasteiger partial charge in [0.05, 0.1) is 6.04 Å². The number of thioether (sulfide) groups is 1. The van der Waals surface area contributed by atoms with E-state index >= 15 is 0 Å². The van der Waals surface area contributed by atoms with Gasteiger partial charge in [0.25, 0.3) is 0 Å². The van der Waals surface area contributed by atoms with Crippen LogP contribution in [0.1, 0.15) is 30.5 Å². The fourth-order valence-electron chi connectivity index (χ4n) is 2.43. The minimum absolute atomic E-state index is 0.0740. The first-order valence-corrected chi connectivity index (χ1v) is 7.98. The van der Waals surface area contributed by atoms with Gasteiger partial charge in [-0.05, 0) is 25.0 Å². The van der Waals surface area contributed by atoms with Gasteiger partial charge >= 0.3 is 0 Å². The van der Waals surface area contributed by atoms with Crippen LogP contribution in [0.4, 0.5) is 0 Å². The second-order valence-electron chi connectivity index (χ2n) is 5.08. The Morgan fingerprint density at radius 2 is 2.32 bits per heavy atom. The topological polar surface area (TPSA) is 41.1 Å². The van der Waals surface area contributed by atoms with Crippen molar-refractivity contribution < 1.29 is 4.79 Å². The summed E-state index contributed by atoms with van der Waals surface area (Å²) in [5.41, 5.74) is 2.42. The van der Waals surface area contributed by atoms with Gasteiger partial charge in [-0.3, -0.25) is 4.79 Å². The molecule has 2 atom stereocenters. The van der Waals surface area contributed by atoms with E-state index in [1.807, 2.05) is 30.8 Å². The van der Waals surface area contributed by atoms with E-state index in [2.05, 4.69) is 29.7 Å². The number of nitrogens with one attached hydrogen (secondary N) is 2. The van der Waals surface area contributed by atoms with Gasteiger partial charge in [-0.2, -0.15) is 11.8 Å². The summed E-state index contributed by atoms with van der Waals surface area (Å²) >= 11 is 1.92. The zero-order valence-electron chi connectivity index (χ0n) is 11.6. The van der Waals surface area contributed by atoms with Gasteiger partial charge in [-0.15, -0.1) is 0 Å². The molecule has 0 aromatic heterocycles. The number of amides is 1. The Hall–Kier alpha value is -1.000. The Bertz CT molecular complexity index is 430. The Morgan fingerprint density at radius 3 is 3.00 bits per heavy atom. The molecule has 0 bridgehead atoms. The van der Waals surface area contributed by atoms with E-state index in [0.29, 0.717) is 12.5 Å². The molecule has 0 spiro atoms. The fourth-order valence-corrected chi connectivity index (χ4v) is 3.37. The summed E-state index contributed by atoms with van der Waals surface area (Å²) in [4.78, 5) is 12.0. The van der Waals surface area contributed by atoms with E-state index in [9.17, 15) is 4.79 Å². The first-order chi connectivity index (χ1) is 9.16. The highest BCUT2D eigenvalue weighted by Crippen LogP contribution is 2.17. The van der Waals surface area contributed by atoms with Gasteiger partial charge in [-0.1, -0.05) is 24.3 Å². The molecule has 19 heavy (non-hydrogen) atoms. The molecule has 2 rings (SSSR count). The monoisotopic (exact) mass is 278 g/mol. The van der Waals surface area contributed by atoms with E-state index in [-0.39, 0.29) is 11.9 Å². The second-order valence-corrected chi connectivity index (χ2v) is 6.23. The van der Waals surface area contributed by atoms with E-state index in [0.717, 1.165) is 18.1 Å². The van der Waals surface area contributed by atoms with Gasteiger partial charge in [0, 0.05) is 30.5 Å². The molecule has 1 aromatic carbocycles. The molecule has 3 nitrogen and oxygen atoms in total. The first-order valence-electron chi connectivity index (χ1n) is 6.83. The average molecular weight is 278 g/mol. The Balaban J connectivity index is 1.86. The largest absolute Gasteiger partial charge is 0.350 e. The molecule has 1 aliphatic heterocycles. The molecule has 2 N–H and O–H groups in total. The number of carbonyl (C=O) groups is 1. The smallest absolute Gasteiger partial charge is 0.222 e. The molecule has 0 saturated carbocycles. The standard InChI is InChI=1S/C15H22N2OS/c1-11-5-3-4-6-14(11)12(2)17-15(18)9-13-10-19-8-7-16-13/h3-6,12-13,16H,7-10H2,1-2H3,(H,17,18)/t12-,13?/m1/s1. The van der Waals surface area contributed by atoms with Crippen LogP contribution < -0.4 is 10.6 Å². The maximum Gasteiger partial charge on any atom is 0.222 e. The molecule has 1 unspecified atom stereocenters. The molecule has 104 valence electrons. The number of hydrogen-bond acceptors (Lipinski definition) is 3. The number of benzene rings is 1. The SMILES string of the molecule is Cc1ccccc1[C@@H](C)NC(=O)CC1CSCCN1. The molecule has 1 heterocycles. The highest BCUT2D eigenvalue weighted by molar-refractivity contribution is 7.99. The third kappa shape index (κ3) is 4.25. The van der Waals surface area contributed by atoms with Crippen LogP contribution >= 0.6 is 11.8 Å². The molecule has 1 aliphatic rings. The van der Waals surface area contributed by atoms with Crippen molar-refractivity contribution in [3.8, 4) is 0 Å². The van der Waals surface area contributed by atoms with Crippen molar-refractivity contribution in [2.24, 2.45) is 0 Å². The zero-order valence-corrected chi connectivity index (χ0v) is 12.4. The number of rotatable bonds is 4. The van der Waals surface area contributed by atoms with Crippen LogP contribution in [0, 0.1) is 6.92 Å². The van der Waals surface area contributed by atoms with E-state index in [1.54, 1.807) is 0 Å². The van der Waals surface area contributed by atoms with Crippen LogP contribution in [0.5, 0.6) is 0 Å². The fraction of sp³-hybridized carbons (Fsp3) is 0.533. The molecular weight excluding hydrogens is 256 g/mol. The van der Waals surface area contributed by atoms with Crippen molar-refractivity contribution in [2.75, 3.05) is 18.1 Å². The third-order valence-corrected chi connectivity index (χ3v) is 4.59. The predicted molar refractivity (Wildman–Crippen MR) is 81.5 cm³/mol. The van der Waals surface area contributed by atoms with Crippen molar-refractivity contribution in [3.05, 3.63) is 35.4 Å². The first kappa shape index (κ1) is 14.4. The molecule has 1 amide bonds. The summed E-state index contributed by atoms with van der Waals surface area (Å²) in [6.45, 7) is 5.14. The summed E-state index contributed by atoms with van der Waals surface area (Å²) in [5.74, 6) is 2.32. The number of hydrogen-bond donors (Lipinski definition) is 2. The molecular formula is C15H22N2OS. The summed E-state index contributed by atoms with van der Waals surface area (Å²) in [6, 6.07) is 8.60.